The molecule has 0 spiro atoms. The van der Waals surface area contributed by atoms with Crippen LogP contribution in [0.25, 0.3) is 0 Å². The average molecular weight is 212 g/mol. The highest BCUT2D eigenvalue weighted by Gasteiger charge is 2.00. The van der Waals surface area contributed by atoms with Gasteiger partial charge in [0.15, 0.2) is 0 Å². The number of thiophene rings is 1. The molecule has 0 aliphatic carbocycles. The fourth-order valence-corrected chi connectivity index (χ4v) is 1.99. The first-order valence-electron chi connectivity index (χ1n) is 5.26. The molecule has 1 unspecified atom stereocenters. The highest BCUT2D eigenvalue weighted by atomic mass is 32.1. The van der Waals surface area contributed by atoms with Crippen molar-refractivity contribution in [1.82, 2.24) is 10.6 Å². The van der Waals surface area contributed by atoms with Crippen LogP contribution in [0.15, 0.2) is 17.5 Å². The van der Waals surface area contributed by atoms with Gasteiger partial charge in [0.05, 0.1) is 0 Å². The van der Waals surface area contributed by atoms with Crippen LogP contribution < -0.4 is 10.6 Å². The molecule has 14 heavy (non-hydrogen) atoms. The second kappa shape index (κ2) is 6.98. The standard InChI is InChI=1S/C11H20N2S/c1-3-12-7-10(2)8-13-9-11-5-4-6-14-11/h4-6,10,12-13H,3,7-9H2,1-2H3. The molecule has 2 N–H and O–H groups in total. The summed E-state index contributed by atoms with van der Waals surface area (Å²) in [5, 5.41) is 8.95. The minimum Gasteiger partial charge on any atom is -0.317 e. The summed E-state index contributed by atoms with van der Waals surface area (Å²) < 4.78 is 0. The van der Waals surface area contributed by atoms with Gasteiger partial charge >= 0.3 is 0 Å². The van der Waals surface area contributed by atoms with Gasteiger partial charge in [-0.25, -0.2) is 0 Å². The fraction of sp³-hybridized carbons (Fsp3) is 0.636. The first-order valence-corrected chi connectivity index (χ1v) is 6.14. The predicted molar refractivity (Wildman–Crippen MR) is 63.7 cm³/mol. The largest absolute Gasteiger partial charge is 0.317 e. The third-order valence-corrected chi connectivity index (χ3v) is 2.99. The minimum absolute atomic E-state index is 0.704. The quantitative estimate of drug-likeness (QED) is 0.723. The van der Waals surface area contributed by atoms with Crippen molar-refractivity contribution >= 4 is 11.3 Å². The molecule has 0 aromatic carbocycles. The summed E-state index contributed by atoms with van der Waals surface area (Å²) in [6.07, 6.45) is 0. The van der Waals surface area contributed by atoms with E-state index < -0.39 is 0 Å². The summed E-state index contributed by atoms with van der Waals surface area (Å²) in [5.74, 6) is 0.704. The van der Waals surface area contributed by atoms with Crippen LogP contribution in [-0.4, -0.2) is 19.6 Å². The van der Waals surface area contributed by atoms with E-state index in [-0.39, 0.29) is 0 Å². The topological polar surface area (TPSA) is 24.1 Å². The third kappa shape index (κ3) is 4.74. The zero-order chi connectivity index (χ0) is 10.2. The second-order valence-electron chi connectivity index (χ2n) is 3.62. The maximum Gasteiger partial charge on any atom is 0.0299 e. The van der Waals surface area contributed by atoms with Crippen molar-refractivity contribution in [2.75, 3.05) is 19.6 Å². The Morgan fingerprint density at radius 1 is 1.36 bits per heavy atom. The summed E-state index contributed by atoms with van der Waals surface area (Å²) in [6, 6.07) is 4.27. The van der Waals surface area contributed by atoms with Crippen LogP contribution in [0.5, 0.6) is 0 Å². The molecule has 0 fully saturated rings. The highest BCUT2D eigenvalue weighted by molar-refractivity contribution is 7.09. The van der Waals surface area contributed by atoms with Crippen molar-refractivity contribution < 1.29 is 0 Å². The maximum atomic E-state index is 3.47. The zero-order valence-corrected chi connectivity index (χ0v) is 9.86. The molecule has 0 radical (unpaired) electrons. The van der Waals surface area contributed by atoms with E-state index in [4.69, 9.17) is 0 Å². The monoisotopic (exact) mass is 212 g/mol. The fourth-order valence-electron chi connectivity index (χ4n) is 1.32. The Labute approximate surface area is 90.7 Å². The smallest absolute Gasteiger partial charge is 0.0299 e. The van der Waals surface area contributed by atoms with Crippen LogP contribution in [0.3, 0.4) is 0 Å². The van der Waals surface area contributed by atoms with Gasteiger partial charge in [0.2, 0.25) is 0 Å². The van der Waals surface area contributed by atoms with Crippen LogP contribution in [0, 0.1) is 5.92 Å². The molecule has 0 aliphatic rings. The van der Waals surface area contributed by atoms with E-state index >= 15 is 0 Å². The molecule has 1 aromatic heterocycles. The van der Waals surface area contributed by atoms with E-state index in [0.29, 0.717) is 5.92 Å². The molecule has 1 atom stereocenters. The average Bonchev–Trinajstić information content (AvgIpc) is 2.67. The van der Waals surface area contributed by atoms with Crippen molar-refractivity contribution in [3.05, 3.63) is 22.4 Å². The Morgan fingerprint density at radius 3 is 2.79 bits per heavy atom. The van der Waals surface area contributed by atoms with Crippen molar-refractivity contribution in [2.24, 2.45) is 5.92 Å². The van der Waals surface area contributed by atoms with Gasteiger partial charge in [-0.05, 0) is 37.0 Å². The first kappa shape index (κ1) is 11.7. The predicted octanol–water partition coefficient (Wildman–Crippen LogP) is 2.08. The van der Waals surface area contributed by atoms with Gasteiger partial charge in [-0.3, -0.25) is 0 Å². The van der Waals surface area contributed by atoms with Gasteiger partial charge in [-0.1, -0.05) is 19.9 Å². The summed E-state index contributed by atoms with van der Waals surface area (Å²) in [6.45, 7) is 8.68. The van der Waals surface area contributed by atoms with Crippen molar-refractivity contribution in [1.29, 1.82) is 0 Å². The Kier molecular flexibility index (Phi) is 5.83. The number of nitrogens with one attached hydrogen (secondary N) is 2. The van der Waals surface area contributed by atoms with Crippen LogP contribution in [0.1, 0.15) is 18.7 Å². The molecule has 0 amide bonds. The molecule has 1 heterocycles. The van der Waals surface area contributed by atoms with Gasteiger partial charge in [-0.2, -0.15) is 0 Å². The lowest BCUT2D eigenvalue weighted by Gasteiger charge is -2.12. The second-order valence-corrected chi connectivity index (χ2v) is 4.66. The summed E-state index contributed by atoms with van der Waals surface area (Å²) in [7, 11) is 0. The van der Waals surface area contributed by atoms with E-state index in [1.54, 1.807) is 0 Å². The van der Waals surface area contributed by atoms with Crippen LogP contribution >= 0.6 is 11.3 Å². The molecule has 0 saturated heterocycles. The van der Waals surface area contributed by atoms with Gasteiger partial charge < -0.3 is 10.6 Å². The molecule has 1 rings (SSSR count). The molecular formula is C11H20N2S. The molecular weight excluding hydrogens is 192 g/mol. The minimum atomic E-state index is 0.704. The van der Waals surface area contributed by atoms with Gasteiger partial charge in [0, 0.05) is 11.4 Å². The maximum absolute atomic E-state index is 3.47. The van der Waals surface area contributed by atoms with Crippen molar-refractivity contribution in [3.8, 4) is 0 Å². The Morgan fingerprint density at radius 2 is 2.14 bits per heavy atom. The summed E-state index contributed by atoms with van der Waals surface area (Å²) in [5.41, 5.74) is 0. The van der Waals surface area contributed by atoms with E-state index in [2.05, 4.69) is 42.0 Å². The Balaban J connectivity index is 2.03. The van der Waals surface area contributed by atoms with Crippen LogP contribution in [-0.2, 0) is 6.54 Å². The Bertz CT molecular complexity index is 221. The lowest BCUT2D eigenvalue weighted by molar-refractivity contribution is 0.480. The molecule has 0 aliphatic heterocycles. The van der Waals surface area contributed by atoms with E-state index in [9.17, 15) is 0 Å². The number of rotatable bonds is 7. The molecule has 80 valence electrons. The van der Waals surface area contributed by atoms with Gasteiger partial charge in [0.25, 0.3) is 0 Å². The molecule has 1 aromatic rings. The van der Waals surface area contributed by atoms with Crippen LogP contribution in [0.4, 0.5) is 0 Å². The third-order valence-electron chi connectivity index (χ3n) is 2.11. The molecule has 2 nitrogen and oxygen atoms in total. The SMILES string of the molecule is CCNCC(C)CNCc1cccs1. The lowest BCUT2D eigenvalue weighted by atomic mass is 10.2. The van der Waals surface area contributed by atoms with E-state index in [1.807, 2.05) is 11.3 Å². The highest BCUT2D eigenvalue weighted by Crippen LogP contribution is 2.07. The molecule has 0 bridgehead atoms. The first-order chi connectivity index (χ1) is 6.83. The normalized spacial score (nSPS) is 13.0. The molecule has 3 heteroatoms. The van der Waals surface area contributed by atoms with Gasteiger partial charge in [0.1, 0.15) is 0 Å². The number of hydrogen-bond acceptors (Lipinski definition) is 3. The van der Waals surface area contributed by atoms with Crippen LogP contribution in [0.2, 0.25) is 0 Å². The van der Waals surface area contributed by atoms with Crippen molar-refractivity contribution in [3.63, 3.8) is 0 Å². The summed E-state index contributed by atoms with van der Waals surface area (Å²) >= 11 is 1.81. The summed E-state index contributed by atoms with van der Waals surface area (Å²) in [4.78, 5) is 1.42. The van der Waals surface area contributed by atoms with Crippen molar-refractivity contribution in [2.45, 2.75) is 20.4 Å². The molecule has 0 saturated carbocycles. The van der Waals surface area contributed by atoms with E-state index in [0.717, 1.165) is 26.2 Å². The van der Waals surface area contributed by atoms with Gasteiger partial charge in [-0.15, -0.1) is 11.3 Å². The van der Waals surface area contributed by atoms with E-state index in [1.165, 1.54) is 4.88 Å². The number of hydrogen-bond donors (Lipinski definition) is 2. The lowest BCUT2D eigenvalue weighted by Crippen LogP contribution is -2.29. The zero-order valence-electron chi connectivity index (χ0n) is 9.05. The Hall–Kier alpha value is -0.380.